The Hall–Kier alpha value is -0.430. The Labute approximate surface area is 119 Å². The number of nitrogens with zero attached hydrogens (tertiary/aromatic N) is 1. The molecule has 4 nitrogen and oxygen atoms in total. The van der Waals surface area contributed by atoms with Crippen molar-refractivity contribution in [2.45, 2.75) is 36.8 Å². The molecular weight excluding hydrogens is 282 g/mol. The van der Waals surface area contributed by atoms with E-state index >= 15 is 0 Å². The minimum atomic E-state index is -3.34. The molecule has 0 radical (unpaired) electrons. The van der Waals surface area contributed by atoms with Crippen molar-refractivity contribution in [3.8, 4) is 0 Å². The minimum Gasteiger partial charge on any atom is -0.396 e. The zero-order chi connectivity index (χ0) is 13.9. The van der Waals surface area contributed by atoms with E-state index in [9.17, 15) is 8.42 Å². The van der Waals surface area contributed by atoms with Crippen LogP contribution in [0.2, 0.25) is 0 Å². The number of aliphatic hydroxyl groups excluding tert-OH is 1. The van der Waals surface area contributed by atoms with Crippen molar-refractivity contribution in [2.24, 2.45) is 5.92 Å². The molecule has 1 aliphatic heterocycles. The second-order valence-corrected chi connectivity index (χ2v) is 8.47. The third-order valence-corrected chi connectivity index (χ3v) is 7.08. The zero-order valence-electron chi connectivity index (χ0n) is 11.2. The first-order chi connectivity index (χ1) is 9.04. The maximum Gasteiger partial charge on any atom is 0.252 e. The Kier molecular flexibility index (Phi) is 5.00. The lowest BCUT2D eigenvalue weighted by atomic mass is 10.0. The van der Waals surface area contributed by atoms with Crippen LogP contribution >= 0.6 is 11.3 Å². The Bertz CT molecular complexity index is 510. The number of aliphatic hydroxyl groups is 1. The summed E-state index contributed by atoms with van der Waals surface area (Å²) in [6.07, 6.45) is 3.51. The summed E-state index contributed by atoms with van der Waals surface area (Å²) in [6, 6.07) is 3.47. The van der Waals surface area contributed by atoms with Gasteiger partial charge < -0.3 is 5.11 Å². The predicted molar refractivity (Wildman–Crippen MR) is 76.9 cm³/mol. The predicted octanol–water partition coefficient (Wildman–Crippen LogP) is 2.09. The van der Waals surface area contributed by atoms with E-state index in [-0.39, 0.29) is 6.61 Å². The molecule has 1 saturated heterocycles. The molecule has 0 aliphatic carbocycles. The molecule has 1 N–H and O–H groups in total. The molecule has 19 heavy (non-hydrogen) atoms. The Morgan fingerprint density at radius 1 is 1.37 bits per heavy atom. The average molecular weight is 303 g/mol. The summed E-state index contributed by atoms with van der Waals surface area (Å²) in [6.45, 7) is 3.48. The van der Waals surface area contributed by atoms with Gasteiger partial charge in [-0.2, -0.15) is 4.31 Å². The molecule has 0 amide bonds. The summed E-state index contributed by atoms with van der Waals surface area (Å²) in [5.41, 5.74) is 0. The molecule has 1 fully saturated rings. The number of hydrogen-bond acceptors (Lipinski definition) is 4. The van der Waals surface area contributed by atoms with Gasteiger partial charge in [0.25, 0.3) is 10.0 Å². The Balaban J connectivity index is 2.15. The summed E-state index contributed by atoms with van der Waals surface area (Å²) in [5, 5.41) is 8.89. The van der Waals surface area contributed by atoms with E-state index in [4.69, 9.17) is 5.11 Å². The van der Waals surface area contributed by atoms with Crippen LogP contribution in [-0.4, -0.2) is 37.5 Å². The van der Waals surface area contributed by atoms with Gasteiger partial charge >= 0.3 is 0 Å². The molecular formula is C13H21NO3S2. The topological polar surface area (TPSA) is 57.6 Å². The van der Waals surface area contributed by atoms with Crippen molar-refractivity contribution in [1.82, 2.24) is 4.31 Å². The normalized spacial score (nSPS) is 22.3. The van der Waals surface area contributed by atoms with Crippen LogP contribution in [0.15, 0.2) is 16.3 Å². The molecule has 1 aromatic rings. The van der Waals surface area contributed by atoms with Gasteiger partial charge in [0.1, 0.15) is 4.21 Å². The van der Waals surface area contributed by atoms with Crippen LogP contribution in [0.5, 0.6) is 0 Å². The first kappa shape index (κ1) is 15.0. The van der Waals surface area contributed by atoms with Crippen LogP contribution in [-0.2, 0) is 16.4 Å². The summed E-state index contributed by atoms with van der Waals surface area (Å²) in [7, 11) is -3.34. The summed E-state index contributed by atoms with van der Waals surface area (Å²) >= 11 is 1.28. The number of hydrogen-bond donors (Lipinski definition) is 1. The Morgan fingerprint density at radius 2 is 2.16 bits per heavy atom. The molecule has 108 valence electrons. The van der Waals surface area contributed by atoms with Crippen LogP contribution in [0.4, 0.5) is 0 Å². The summed E-state index contributed by atoms with van der Waals surface area (Å²) in [5.74, 6) is 0.605. The molecule has 1 atom stereocenters. The van der Waals surface area contributed by atoms with Gasteiger partial charge in [0.05, 0.1) is 0 Å². The van der Waals surface area contributed by atoms with Gasteiger partial charge in [-0.1, -0.05) is 6.92 Å². The van der Waals surface area contributed by atoms with Crippen molar-refractivity contribution in [1.29, 1.82) is 0 Å². The second kappa shape index (κ2) is 6.35. The summed E-state index contributed by atoms with van der Waals surface area (Å²) in [4.78, 5) is 0.921. The highest BCUT2D eigenvalue weighted by molar-refractivity contribution is 7.91. The van der Waals surface area contributed by atoms with Gasteiger partial charge in [-0.3, -0.25) is 0 Å². The molecule has 1 aromatic heterocycles. The van der Waals surface area contributed by atoms with Crippen LogP contribution in [0.3, 0.4) is 0 Å². The van der Waals surface area contributed by atoms with Crippen LogP contribution < -0.4 is 0 Å². The van der Waals surface area contributed by atoms with Crippen LogP contribution in [0.1, 0.15) is 31.1 Å². The lowest BCUT2D eigenvalue weighted by Gasteiger charge is -2.18. The molecule has 2 rings (SSSR count). The molecule has 0 spiro atoms. The van der Waals surface area contributed by atoms with Crippen molar-refractivity contribution < 1.29 is 13.5 Å². The van der Waals surface area contributed by atoms with E-state index in [0.717, 1.165) is 24.1 Å². The first-order valence-corrected chi connectivity index (χ1v) is 8.99. The smallest absolute Gasteiger partial charge is 0.252 e. The highest BCUT2D eigenvalue weighted by Crippen LogP contribution is 2.28. The first-order valence-electron chi connectivity index (χ1n) is 6.74. The molecule has 6 heteroatoms. The van der Waals surface area contributed by atoms with E-state index in [0.29, 0.717) is 29.6 Å². The van der Waals surface area contributed by atoms with Gasteiger partial charge in [0, 0.05) is 31.0 Å². The molecule has 1 aliphatic rings. The van der Waals surface area contributed by atoms with Gasteiger partial charge in [-0.15, -0.1) is 11.3 Å². The zero-order valence-corrected chi connectivity index (χ0v) is 12.8. The molecule has 2 heterocycles. The third-order valence-electron chi connectivity index (χ3n) is 3.57. The number of sulfonamides is 1. The van der Waals surface area contributed by atoms with E-state index in [2.05, 4.69) is 6.92 Å². The monoisotopic (exact) mass is 303 g/mol. The fraction of sp³-hybridized carbons (Fsp3) is 0.692. The quantitative estimate of drug-likeness (QED) is 0.926. The fourth-order valence-corrected chi connectivity index (χ4v) is 5.34. The largest absolute Gasteiger partial charge is 0.396 e. The van der Waals surface area contributed by atoms with Gasteiger partial charge in [0.15, 0.2) is 0 Å². The fourth-order valence-electron chi connectivity index (χ4n) is 2.35. The Morgan fingerprint density at radius 3 is 2.89 bits per heavy atom. The highest BCUT2D eigenvalue weighted by Gasteiger charge is 2.27. The van der Waals surface area contributed by atoms with E-state index in [1.54, 1.807) is 16.4 Å². The minimum absolute atomic E-state index is 0.0568. The maximum atomic E-state index is 12.5. The third kappa shape index (κ3) is 3.56. The van der Waals surface area contributed by atoms with Crippen molar-refractivity contribution >= 4 is 21.4 Å². The molecule has 0 bridgehead atoms. The van der Waals surface area contributed by atoms with E-state index in [1.807, 2.05) is 0 Å². The van der Waals surface area contributed by atoms with Crippen molar-refractivity contribution in [2.75, 3.05) is 19.7 Å². The molecule has 0 aromatic carbocycles. The second-order valence-electron chi connectivity index (χ2n) is 5.13. The number of thiophene rings is 1. The van der Waals surface area contributed by atoms with Gasteiger partial charge in [0.2, 0.25) is 0 Å². The lowest BCUT2D eigenvalue weighted by Crippen LogP contribution is -2.31. The van der Waals surface area contributed by atoms with Crippen molar-refractivity contribution in [3.63, 3.8) is 0 Å². The van der Waals surface area contributed by atoms with Crippen LogP contribution in [0.25, 0.3) is 0 Å². The molecule has 1 unspecified atom stereocenters. The summed E-state index contributed by atoms with van der Waals surface area (Å²) < 4.78 is 27.1. The number of rotatable bonds is 4. The lowest BCUT2D eigenvalue weighted by molar-refractivity contribution is 0.300. The van der Waals surface area contributed by atoms with Crippen LogP contribution in [0, 0.1) is 5.92 Å². The van der Waals surface area contributed by atoms with E-state index in [1.165, 1.54) is 11.3 Å². The van der Waals surface area contributed by atoms with E-state index < -0.39 is 10.0 Å². The SMILES string of the molecule is CC1CCCN(S(=O)(=O)c2ccc(CCO)s2)CC1. The van der Waals surface area contributed by atoms with Gasteiger partial charge in [-0.25, -0.2) is 8.42 Å². The highest BCUT2D eigenvalue weighted by atomic mass is 32.2. The van der Waals surface area contributed by atoms with Gasteiger partial charge in [-0.05, 0) is 37.3 Å². The average Bonchev–Trinajstić information content (AvgIpc) is 2.72. The maximum absolute atomic E-state index is 12.5. The molecule has 0 saturated carbocycles. The standard InChI is InChI=1S/C13H21NO3S2/c1-11-3-2-8-14(9-6-11)19(16,17)13-5-4-12(18-13)7-10-15/h4-5,11,15H,2-3,6-10H2,1H3. The van der Waals surface area contributed by atoms with Crippen molar-refractivity contribution in [3.05, 3.63) is 17.0 Å².